The Morgan fingerprint density at radius 3 is 2.89 bits per heavy atom. The number of tetrazole rings is 1. The van der Waals surface area contributed by atoms with E-state index in [-0.39, 0.29) is 11.2 Å². The third kappa shape index (κ3) is 2.18. The molecule has 19 heavy (non-hydrogen) atoms. The van der Waals surface area contributed by atoms with Gasteiger partial charge in [-0.2, -0.15) is 0 Å². The van der Waals surface area contributed by atoms with Crippen molar-refractivity contribution in [3.05, 3.63) is 24.0 Å². The number of anilines is 1. The van der Waals surface area contributed by atoms with Crippen molar-refractivity contribution in [3.63, 3.8) is 0 Å². The topological polar surface area (TPSA) is 69.6 Å². The highest BCUT2D eigenvalue weighted by Gasteiger charge is 2.33. The van der Waals surface area contributed by atoms with Crippen LogP contribution in [0.5, 0.6) is 0 Å². The summed E-state index contributed by atoms with van der Waals surface area (Å²) in [7, 11) is 0. The van der Waals surface area contributed by atoms with Gasteiger partial charge < -0.3 is 5.73 Å². The summed E-state index contributed by atoms with van der Waals surface area (Å²) in [5, 5.41) is 11.6. The number of aromatic nitrogens is 4. The molecule has 0 aliphatic heterocycles. The van der Waals surface area contributed by atoms with Crippen LogP contribution in [0.4, 0.5) is 10.1 Å². The van der Waals surface area contributed by atoms with E-state index in [0.29, 0.717) is 23.6 Å². The van der Waals surface area contributed by atoms with Crippen molar-refractivity contribution < 1.29 is 4.39 Å². The molecule has 100 valence electrons. The zero-order chi connectivity index (χ0) is 13.5. The third-order valence-electron chi connectivity index (χ3n) is 3.86. The van der Waals surface area contributed by atoms with E-state index in [1.54, 1.807) is 10.7 Å². The van der Waals surface area contributed by atoms with Gasteiger partial charge in [0.2, 0.25) is 0 Å². The van der Waals surface area contributed by atoms with Crippen LogP contribution in [0, 0.1) is 11.2 Å². The fraction of sp³-hybridized carbons (Fsp3) is 0.462. The molecule has 0 atom stereocenters. The van der Waals surface area contributed by atoms with Crippen molar-refractivity contribution in [2.45, 2.75) is 32.7 Å². The Kier molecular flexibility index (Phi) is 2.73. The van der Waals surface area contributed by atoms with Gasteiger partial charge in [0.25, 0.3) is 0 Å². The van der Waals surface area contributed by atoms with Crippen LogP contribution in [0.1, 0.15) is 26.2 Å². The molecular formula is C13H16FN5. The number of hydrogen-bond donors (Lipinski definition) is 1. The molecule has 0 amide bonds. The molecule has 1 aromatic carbocycles. The average molecular weight is 261 g/mol. The van der Waals surface area contributed by atoms with E-state index in [1.165, 1.54) is 18.6 Å². The highest BCUT2D eigenvalue weighted by atomic mass is 19.1. The van der Waals surface area contributed by atoms with Gasteiger partial charge in [-0.25, -0.2) is 9.07 Å². The van der Waals surface area contributed by atoms with Gasteiger partial charge in [0.15, 0.2) is 5.82 Å². The van der Waals surface area contributed by atoms with E-state index in [4.69, 9.17) is 5.73 Å². The molecule has 2 aromatic rings. The fourth-order valence-corrected chi connectivity index (χ4v) is 2.52. The summed E-state index contributed by atoms with van der Waals surface area (Å²) in [6.45, 7) is 2.92. The van der Waals surface area contributed by atoms with Crippen LogP contribution in [0.3, 0.4) is 0 Å². The zero-order valence-electron chi connectivity index (χ0n) is 10.8. The number of rotatable bonds is 3. The van der Waals surface area contributed by atoms with Crippen LogP contribution in [-0.4, -0.2) is 20.2 Å². The second-order valence-corrected chi connectivity index (χ2v) is 5.56. The molecule has 0 unspecified atom stereocenters. The van der Waals surface area contributed by atoms with E-state index in [9.17, 15) is 4.39 Å². The Bertz CT molecular complexity index is 603. The lowest BCUT2D eigenvalue weighted by atomic mass is 9.70. The highest BCUT2D eigenvalue weighted by Crippen LogP contribution is 2.42. The Morgan fingerprint density at radius 1 is 1.42 bits per heavy atom. The van der Waals surface area contributed by atoms with Crippen molar-refractivity contribution in [1.29, 1.82) is 0 Å². The second kappa shape index (κ2) is 4.29. The largest absolute Gasteiger partial charge is 0.399 e. The number of nitrogen functional groups attached to an aromatic ring is 1. The summed E-state index contributed by atoms with van der Waals surface area (Å²) in [4.78, 5) is 0. The van der Waals surface area contributed by atoms with Crippen molar-refractivity contribution in [3.8, 4) is 11.4 Å². The van der Waals surface area contributed by atoms with Gasteiger partial charge in [-0.3, -0.25) is 0 Å². The summed E-state index contributed by atoms with van der Waals surface area (Å²) in [5.41, 5.74) is 6.78. The number of hydrogen-bond acceptors (Lipinski definition) is 4. The minimum absolute atomic E-state index is 0.223. The standard InChI is InChI=1S/C13H16FN5/c1-13(5-2-6-13)8-19-12(16-17-18-19)10-7-9(15)3-4-11(10)14/h3-4,7H,2,5-6,8,15H2,1H3. The molecule has 0 spiro atoms. The van der Waals surface area contributed by atoms with Crippen LogP contribution in [0.15, 0.2) is 18.2 Å². The van der Waals surface area contributed by atoms with Gasteiger partial charge in [0.05, 0.1) is 12.1 Å². The monoisotopic (exact) mass is 261 g/mol. The molecule has 1 aliphatic carbocycles. The maximum atomic E-state index is 13.9. The second-order valence-electron chi connectivity index (χ2n) is 5.56. The first-order valence-corrected chi connectivity index (χ1v) is 6.39. The molecule has 1 aromatic heterocycles. The summed E-state index contributed by atoms with van der Waals surface area (Å²) in [5.74, 6) is 0.0851. The van der Waals surface area contributed by atoms with Crippen LogP contribution in [0.25, 0.3) is 11.4 Å². The van der Waals surface area contributed by atoms with Gasteiger partial charge in [-0.05, 0) is 46.9 Å². The van der Waals surface area contributed by atoms with Crippen molar-refractivity contribution in [1.82, 2.24) is 20.2 Å². The molecule has 0 bridgehead atoms. The predicted octanol–water partition coefficient (Wildman–Crippen LogP) is 2.25. The van der Waals surface area contributed by atoms with Crippen molar-refractivity contribution >= 4 is 5.69 Å². The number of halogens is 1. The zero-order valence-corrected chi connectivity index (χ0v) is 10.8. The predicted molar refractivity (Wildman–Crippen MR) is 69.6 cm³/mol. The van der Waals surface area contributed by atoms with Crippen LogP contribution in [0.2, 0.25) is 0 Å². The first kappa shape index (κ1) is 12.1. The lowest BCUT2D eigenvalue weighted by Crippen LogP contribution is -2.31. The van der Waals surface area contributed by atoms with E-state index < -0.39 is 0 Å². The molecule has 6 heteroatoms. The molecule has 1 saturated carbocycles. The van der Waals surface area contributed by atoms with E-state index in [1.807, 2.05) is 0 Å². The van der Waals surface area contributed by atoms with Crippen molar-refractivity contribution in [2.75, 3.05) is 5.73 Å². The Morgan fingerprint density at radius 2 is 2.21 bits per heavy atom. The molecular weight excluding hydrogens is 245 g/mol. The molecule has 2 N–H and O–H groups in total. The molecule has 0 saturated heterocycles. The molecule has 3 rings (SSSR count). The molecule has 1 aliphatic rings. The van der Waals surface area contributed by atoms with Gasteiger partial charge in [-0.15, -0.1) is 5.10 Å². The van der Waals surface area contributed by atoms with E-state index in [2.05, 4.69) is 22.4 Å². The maximum Gasteiger partial charge on any atom is 0.185 e. The van der Waals surface area contributed by atoms with E-state index >= 15 is 0 Å². The number of nitrogens with zero attached hydrogens (tertiary/aromatic N) is 4. The lowest BCUT2D eigenvalue weighted by Gasteiger charge is -2.38. The molecule has 0 radical (unpaired) electrons. The van der Waals surface area contributed by atoms with Crippen LogP contribution >= 0.6 is 0 Å². The van der Waals surface area contributed by atoms with E-state index in [0.717, 1.165) is 12.8 Å². The lowest BCUT2D eigenvalue weighted by molar-refractivity contribution is 0.126. The Balaban J connectivity index is 1.97. The highest BCUT2D eigenvalue weighted by molar-refractivity contribution is 5.61. The minimum Gasteiger partial charge on any atom is -0.399 e. The van der Waals surface area contributed by atoms with Gasteiger partial charge >= 0.3 is 0 Å². The fourth-order valence-electron chi connectivity index (χ4n) is 2.52. The Labute approximate surface area is 110 Å². The van der Waals surface area contributed by atoms with Gasteiger partial charge in [0, 0.05) is 5.69 Å². The molecule has 1 fully saturated rings. The maximum absolute atomic E-state index is 13.9. The minimum atomic E-state index is -0.357. The normalized spacial score (nSPS) is 17.2. The summed E-state index contributed by atoms with van der Waals surface area (Å²) >= 11 is 0. The Hall–Kier alpha value is -1.98. The number of benzene rings is 1. The summed E-state index contributed by atoms with van der Waals surface area (Å²) in [6, 6.07) is 4.44. The molecule has 1 heterocycles. The quantitative estimate of drug-likeness (QED) is 0.860. The van der Waals surface area contributed by atoms with Gasteiger partial charge in [0.1, 0.15) is 5.82 Å². The average Bonchev–Trinajstić information content (AvgIpc) is 2.78. The van der Waals surface area contributed by atoms with Gasteiger partial charge in [-0.1, -0.05) is 13.3 Å². The van der Waals surface area contributed by atoms with Crippen LogP contribution < -0.4 is 5.73 Å². The number of nitrogens with two attached hydrogens (primary N) is 1. The first-order chi connectivity index (χ1) is 9.07. The summed E-state index contributed by atoms with van der Waals surface area (Å²) < 4.78 is 15.6. The molecule has 5 nitrogen and oxygen atoms in total. The smallest absolute Gasteiger partial charge is 0.185 e. The van der Waals surface area contributed by atoms with Crippen molar-refractivity contribution in [2.24, 2.45) is 5.41 Å². The first-order valence-electron chi connectivity index (χ1n) is 6.39. The summed E-state index contributed by atoms with van der Waals surface area (Å²) in [6.07, 6.45) is 3.55. The van der Waals surface area contributed by atoms with Crippen LogP contribution in [-0.2, 0) is 6.54 Å². The SMILES string of the molecule is CC1(Cn2nnnc2-c2cc(N)ccc2F)CCC1. The third-order valence-corrected chi connectivity index (χ3v) is 3.86.